The molecule has 2 aromatic carbocycles. The molecular formula is C21H23FN2O4. The molecule has 1 aliphatic heterocycles. The van der Waals surface area contributed by atoms with Crippen LogP contribution in [0, 0.1) is 11.7 Å². The zero-order chi connectivity index (χ0) is 19.9. The van der Waals surface area contributed by atoms with E-state index in [-0.39, 0.29) is 30.2 Å². The molecule has 6 nitrogen and oxygen atoms in total. The molecule has 2 amide bonds. The predicted molar refractivity (Wildman–Crippen MR) is 101 cm³/mol. The summed E-state index contributed by atoms with van der Waals surface area (Å²) in [7, 11) is 0. The first kappa shape index (κ1) is 19.7. The van der Waals surface area contributed by atoms with Gasteiger partial charge in [-0.25, -0.2) is 9.18 Å². The fourth-order valence-corrected chi connectivity index (χ4v) is 3.09. The van der Waals surface area contributed by atoms with Crippen molar-refractivity contribution in [2.24, 2.45) is 5.92 Å². The Labute approximate surface area is 162 Å². The Morgan fingerprint density at radius 2 is 1.71 bits per heavy atom. The highest BCUT2D eigenvalue weighted by Gasteiger charge is 2.24. The molecule has 1 saturated heterocycles. The number of benzene rings is 2. The van der Waals surface area contributed by atoms with Crippen molar-refractivity contribution < 1.29 is 23.8 Å². The number of likely N-dealkylation sites (tertiary alicyclic amines) is 1. The fourth-order valence-electron chi connectivity index (χ4n) is 3.09. The molecular weight excluding hydrogens is 363 g/mol. The van der Waals surface area contributed by atoms with Gasteiger partial charge in [0.2, 0.25) is 0 Å². The average Bonchev–Trinajstić information content (AvgIpc) is 2.72. The third-order valence-electron chi connectivity index (χ3n) is 4.83. The van der Waals surface area contributed by atoms with Gasteiger partial charge < -0.3 is 20.1 Å². The predicted octanol–water partition coefficient (Wildman–Crippen LogP) is 3.31. The number of carbonyl (C=O) groups excluding carboxylic acids is 2. The molecule has 1 fully saturated rings. The van der Waals surface area contributed by atoms with Gasteiger partial charge in [0, 0.05) is 25.2 Å². The van der Waals surface area contributed by atoms with E-state index in [0.717, 1.165) is 18.4 Å². The van der Waals surface area contributed by atoms with Gasteiger partial charge in [-0.2, -0.15) is 0 Å². The van der Waals surface area contributed by atoms with Crippen molar-refractivity contribution in [3.63, 3.8) is 0 Å². The van der Waals surface area contributed by atoms with Gasteiger partial charge in [-0.3, -0.25) is 4.79 Å². The number of halogens is 1. The number of piperidine rings is 1. The Morgan fingerprint density at radius 3 is 2.36 bits per heavy atom. The lowest BCUT2D eigenvalue weighted by Gasteiger charge is -2.31. The van der Waals surface area contributed by atoms with Gasteiger partial charge in [-0.05, 0) is 60.7 Å². The minimum atomic E-state index is -0.379. The lowest BCUT2D eigenvalue weighted by molar-refractivity contribution is 0.0800. The zero-order valence-electron chi connectivity index (χ0n) is 15.4. The fraction of sp³-hybridized carbons (Fsp3) is 0.333. The van der Waals surface area contributed by atoms with Crippen LogP contribution < -0.4 is 5.32 Å². The van der Waals surface area contributed by atoms with Gasteiger partial charge in [-0.1, -0.05) is 12.1 Å². The molecule has 28 heavy (non-hydrogen) atoms. The molecule has 148 valence electrons. The van der Waals surface area contributed by atoms with Gasteiger partial charge >= 0.3 is 6.09 Å². The molecule has 0 aromatic heterocycles. The number of hydrogen-bond acceptors (Lipinski definition) is 4. The number of aromatic hydroxyl groups is 1. The number of phenols is 1. The molecule has 1 heterocycles. The van der Waals surface area contributed by atoms with Crippen molar-refractivity contribution in [1.82, 2.24) is 10.2 Å². The SMILES string of the molecule is O=C(NCC1CCN(C(=O)OCc2ccc(F)cc2)CC1)c1ccc(O)cc1. The maximum atomic E-state index is 12.9. The molecule has 7 heteroatoms. The summed E-state index contributed by atoms with van der Waals surface area (Å²) in [6.07, 6.45) is 1.18. The Morgan fingerprint density at radius 1 is 1.07 bits per heavy atom. The molecule has 0 radical (unpaired) electrons. The van der Waals surface area contributed by atoms with E-state index >= 15 is 0 Å². The van der Waals surface area contributed by atoms with Crippen LogP contribution in [0.1, 0.15) is 28.8 Å². The molecule has 2 N–H and O–H groups in total. The van der Waals surface area contributed by atoms with Crippen molar-refractivity contribution in [1.29, 1.82) is 0 Å². The number of amides is 2. The van der Waals surface area contributed by atoms with Crippen molar-refractivity contribution in [3.05, 3.63) is 65.5 Å². The summed E-state index contributed by atoms with van der Waals surface area (Å²) in [5.41, 5.74) is 1.24. The van der Waals surface area contributed by atoms with Crippen molar-refractivity contribution in [2.45, 2.75) is 19.4 Å². The van der Waals surface area contributed by atoms with Gasteiger partial charge in [-0.15, -0.1) is 0 Å². The number of nitrogens with one attached hydrogen (secondary N) is 1. The van der Waals surface area contributed by atoms with E-state index in [1.807, 2.05) is 0 Å². The second-order valence-electron chi connectivity index (χ2n) is 6.87. The lowest BCUT2D eigenvalue weighted by Crippen LogP contribution is -2.41. The number of hydrogen-bond donors (Lipinski definition) is 2. The molecule has 0 unspecified atom stereocenters. The van der Waals surface area contributed by atoms with Gasteiger partial charge in [0.15, 0.2) is 0 Å². The minimum Gasteiger partial charge on any atom is -0.508 e. The quantitative estimate of drug-likeness (QED) is 0.826. The van der Waals surface area contributed by atoms with Crippen LogP contribution in [0.25, 0.3) is 0 Å². The molecule has 1 aliphatic rings. The Kier molecular flexibility index (Phi) is 6.47. The third kappa shape index (κ3) is 5.45. The highest BCUT2D eigenvalue weighted by atomic mass is 19.1. The maximum absolute atomic E-state index is 12.9. The summed E-state index contributed by atoms with van der Waals surface area (Å²) in [6.45, 7) is 1.80. The lowest BCUT2D eigenvalue weighted by atomic mass is 9.97. The van der Waals surface area contributed by atoms with Gasteiger partial charge in [0.05, 0.1) is 0 Å². The number of carbonyl (C=O) groups is 2. The molecule has 0 aliphatic carbocycles. The van der Waals surface area contributed by atoms with Gasteiger partial charge in [0.25, 0.3) is 5.91 Å². The Balaban J connectivity index is 1.37. The van der Waals surface area contributed by atoms with E-state index in [9.17, 15) is 19.1 Å². The highest BCUT2D eigenvalue weighted by molar-refractivity contribution is 5.94. The standard InChI is InChI=1S/C21H23FN2O4/c22-18-5-1-16(2-6-18)14-28-21(27)24-11-9-15(10-12-24)13-23-20(26)17-3-7-19(25)8-4-17/h1-8,15,25H,9-14H2,(H,23,26). The van der Waals surface area contributed by atoms with E-state index < -0.39 is 0 Å². The van der Waals surface area contributed by atoms with Crippen LogP contribution in [0.3, 0.4) is 0 Å². The maximum Gasteiger partial charge on any atom is 0.410 e. The number of nitrogens with zero attached hydrogens (tertiary/aromatic N) is 1. The van der Waals surface area contributed by atoms with Crippen LogP contribution in [-0.4, -0.2) is 41.6 Å². The summed E-state index contributed by atoms with van der Waals surface area (Å²) in [5, 5.41) is 12.2. The zero-order valence-corrected chi connectivity index (χ0v) is 15.4. The number of phenolic OH excluding ortho intramolecular Hbond substituents is 1. The molecule has 0 bridgehead atoms. The number of rotatable bonds is 5. The normalized spacial score (nSPS) is 14.5. The smallest absolute Gasteiger partial charge is 0.410 e. The van der Waals surface area contributed by atoms with E-state index in [1.165, 1.54) is 24.3 Å². The summed E-state index contributed by atoms with van der Waals surface area (Å²) >= 11 is 0. The second-order valence-corrected chi connectivity index (χ2v) is 6.87. The molecule has 3 rings (SSSR count). The third-order valence-corrected chi connectivity index (χ3v) is 4.83. The van der Waals surface area contributed by atoms with E-state index in [4.69, 9.17) is 4.74 Å². The topological polar surface area (TPSA) is 78.9 Å². The number of ether oxygens (including phenoxy) is 1. The first-order chi connectivity index (χ1) is 13.5. The minimum absolute atomic E-state index is 0.113. The summed E-state index contributed by atoms with van der Waals surface area (Å²) in [4.78, 5) is 25.9. The Bertz CT molecular complexity index is 800. The van der Waals surface area contributed by atoms with Crippen LogP contribution in [0.2, 0.25) is 0 Å². The van der Waals surface area contributed by atoms with Gasteiger partial charge in [0.1, 0.15) is 18.2 Å². The highest BCUT2D eigenvalue weighted by Crippen LogP contribution is 2.18. The summed E-state index contributed by atoms with van der Waals surface area (Å²) in [5.74, 6) is -0.0896. The van der Waals surface area contributed by atoms with E-state index in [0.29, 0.717) is 31.1 Å². The second kappa shape index (κ2) is 9.21. The Hall–Kier alpha value is -3.09. The van der Waals surface area contributed by atoms with Crippen LogP contribution in [0.4, 0.5) is 9.18 Å². The molecule has 0 spiro atoms. The summed E-state index contributed by atoms with van der Waals surface area (Å²) < 4.78 is 18.2. The van der Waals surface area contributed by atoms with Crippen LogP contribution >= 0.6 is 0 Å². The molecule has 0 atom stereocenters. The van der Waals surface area contributed by atoms with Crippen molar-refractivity contribution in [3.8, 4) is 5.75 Å². The molecule has 0 saturated carbocycles. The van der Waals surface area contributed by atoms with Crippen LogP contribution in [0.5, 0.6) is 5.75 Å². The average molecular weight is 386 g/mol. The van der Waals surface area contributed by atoms with E-state index in [2.05, 4.69) is 5.32 Å². The van der Waals surface area contributed by atoms with Crippen LogP contribution in [-0.2, 0) is 11.3 Å². The largest absolute Gasteiger partial charge is 0.508 e. The monoisotopic (exact) mass is 386 g/mol. The summed E-state index contributed by atoms with van der Waals surface area (Å²) in [6, 6.07) is 11.9. The first-order valence-electron chi connectivity index (χ1n) is 9.24. The van der Waals surface area contributed by atoms with Crippen LogP contribution in [0.15, 0.2) is 48.5 Å². The van der Waals surface area contributed by atoms with Crippen molar-refractivity contribution in [2.75, 3.05) is 19.6 Å². The first-order valence-corrected chi connectivity index (χ1v) is 9.24. The van der Waals surface area contributed by atoms with Crippen molar-refractivity contribution >= 4 is 12.0 Å². The van der Waals surface area contributed by atoms with E-state index in [1.54, 1.807) is 29.2 Å². The molecule has 2 aromatic rings.